The molecular formula is C46H60Br2N8O6P2. The number of fused-ring (bicyclic) bond motifs is 2. The van der Waals surface area contributed by atoms with E-state index < -0.39 is 15.2 Å². The van der Waals surface area contributed by atoms with Gasteiger partial charge in [0.05, 0.1) is 35.4 Å². The molecule has 2 aromatic carbocycles. The van der Waals surface area contributed by atoms with Crippen molar-refractivity contribution >= 4 is 80.8 Å². The minimum atomic E-state index is -4.43. The maximum absolute atomic E-state index is 11.9. The summed E-state index contributed by atoms with van der Waals surface area (Å²) in [6, 6.07) is 8.53. The van der Waals surface area contributed by atoms with E-state index in [9.17, 15) is 9.13 Å². The highest BCUT2D eigenvalue weighted by molar-refractivity contribution is 9.10. The highest BCUT2D eigenvalue weighted by atomic mass is 79.9. The molecule has 2 N–H and O–H groups in total. The summed E-state index contributed by atoms with van der Waals surface area (Å²) in [6.07, 6.45) is 7.91. The number of aromatic nitrogens is 6. The predicted molar refractivity (Wildman–Crippen MR) is 264 cm³/mol. The molecule has 0 bridgehead atoms. The molecule has 14 nitrogen and oxygen atoms in total. The average molecular weight is 1040 g/mol. The van der Waals surface area contributed by atoms with E-state index in [1.165, 1.54) is 22.4 Å². The van der Waals surface area contributed by atoms with E-state index >= 15 is 0 Å². The average Bonchev–Trinajstić information content (AvgIpc) is 3.69. The lowest BCUT2D eigenvalue weighted by molar-refractivity contribution is 0.156. The van der Waals surface area contributed by atoms with Gasteiger partial charge < -0.3 is 33.2 Å². The Kier molecular flexibility index (Phi) is 14.7. The summed E-state index contributed by atoms with van der Waals surface area (Å²) in [7, 11) is -6.86. The summed E-state index contributed by atoms with van der Waals surface area (Å²) in [5.41, 5.74) is 11.2. The van der Waals surface area contributed by atoms with Gasteiger partial charge in [0, 0.05) is 60.8 Å². The third-order valence-corrected chi connectivity index (χ3v) is 14.3. The van der Waals surface area contributed by atoms with Crippen molar-refractivity contribution in [1.29, 1.82) is 0 Å². The van der Waals surface area contributed by atoms with Crippen LogP contribution in [-0.2, 0) is 18.2 Å². The number of rotatable bonds is 10. The van der Waals surface area contributed by atoms with Crippen LogP contribution < -0.4 is 9.80 Å². The number of aryl methyl sites for hydroxylation is 8. The third-order valence-electron chi connectivity index (χ3n) is 12.2. The first-order chi connectivity index (χ1) is 30.1. The van der Waals surface area contributed by atoms with E-state index in [4.69, 9.17) is 38.8 Å². The number of benzene rings is 2. The number of nitrogens with zero attached hydrogens (tertiary/aromatic N) is 8. The Bertz CT molecular complexity index is 2570. The molecule has 0 unspecified atom stereocenters. The second-order valence-electron chi connectivity index (χ2n) is 17.9. The molecule has 0 amide bonds. The van der Waals surface area contributed by atoms with E-state index in [1.54, 1.807) is 13.3 Å². The molecule has 2 fully saturated rings. The van der Waals surface area contributed by atoms with E-state index in [0.717, 1.165) is 123 Å². The molecule has 0 radical (unpaired) electrons. The zero-order chi connectivity index (χ0) is 46.4. The quantitative estimate of drug-likeness (QED) is 0.125. The molecule has 8 rings (SSSR count). The second-order valence-corrected chi connectivity index (χ2v) is 23.8. The standard InChI is InChI=1S/C24H32BrN4O2P.C22H28BrN4O4P/c1-15-11-20(25)12-16(2)22(15)29-13-17(3)21-23(26-18(4)27-24(21)29)28-9-7-19(8-10-28)14-31-32(5,6)30;1-13-9-18(23)10-14(2)20(13)27-11-15(3)19-21(24-16(4)25-22(19)27)26-7-5-17(6-8-26)12-31-32(28,29)30/h11-13,19H,7-10,14H2,1-6H3;9-11,17H,5-8,12H2,1-4H3,(H2,28,29,30). The summed E-state index contributed by atoms with van der Waals surface area (Å²) in [6.45, 7) is 24.0. The van der Waals surface area contributed by atoms with Crippen LogP contribution in [-0.4, -0.2) is 91.6 Å². The first-order valence-electron chi connectivity index (χ1n) is 21.7. The monoisotopic (exact) mass is 1040 g/mol. The van der Waals surface area contributed by atoms with E-state index in [2.05, 4.69) is 129 Å². The third kappa shape index (κ3) is 11.0. The topological polar surface area (TPSA) is 161 Å². The first-order valence-corrected chi connectivity index (χ1v) is 27.4. The van der Waals surface area contributed by atoms with Crippen molar-refractivity contribution in [2.24, 2.45) is 11.8 Å². The number of hydrogen-bond acceptors (Lipinski definition) is 10. The Morgan fingerprint density at radius 3 is 1.25 bits per heavy atom. The molecule has 0 saturated carbocycles. The van der Waals surface area contributed by atoms with Crippen LogP contribution in [0.15, 0.2) is 45.6 Å². The summed E-state index contributed by atoms with van der Waals surface area (Å²) in [4.78, 5) is 41.9. The van der Waals surface area contributed by atoms with Crippen LogP contribution in [0.2, 0.25) is 0 Å². The molecular weight excluding hydrogens is 982 g/mol. The van der Waals surface area contributed by atoms with Gasteiger partial charge in [-0.1, -0.05) is 31.9 Å². The molecule has 4 aromatic heterocycles. The minimum absolute atomic E-state index is 0.0772. The predicted octanol–water partition coefficient (Wildman–Crippen LogP) is 10.9. The molecule has 0 spiro atoms. The molecule has 18 heteroatoms. The summed E-state index contributed by atoms with van der Waals surface area (Å²) in [5.74, 6) is 4.00. The van der Waals surface area contributed by atoms with Gasteiger partial charge in [0.25, 0.3) is 0 Å². The van der Waals surface area contributed by atoms with Gasteiger partial charge in [0.1, 0.15) is 23.3 Å². The molecule has 2 aliphatic rings. The molecule has 6 heterocycles. The normalized spacial score (nSPS) is 15.7. The van der Waals surface area contributed by atoms with Gasteiger partial charge in [0.2, 0.25) is 0 Å². The van der Waals surface area contributed by atoms with Crippen LogP contribution in [0.25, 0.3) is 33.4 Å². The lowest BCUT2D eigenvalue weighted by Crippen LogP contribution is -2.35. The van der Waals surface area contributed by atoms with E-state index in [-0.39, 0.29) is 12.5 Å². The highest BCUT2D eigenvalue weighted by Crippen LogP contribution is 2.41. The van der Waals surface area contributed by atoms with Crippen LogP contribution in [0.4, 0.5) is 11.6 Å². The summed E-state index contributed by atoms with van der Waals surface area (Å²) in [5, 5.41) is 2.17. The molecule has 64 heavy (non-hydrogen) atoms. The maximum atomic E-state index is 11.9. The molecule has 2 aliphatic heterocycles. The molecule has 344 valence electrons. The van der Waals surface area contributed by atoms with Crippen molar-refractivity contribution in [2.45, 2.75) is 81.1 Å². The fourth-order valence-corrected chi connectivity index (χ4v) is 11.6. The molecule has 6 aromatic rings. The number of halogens is 2. The van der Waals surface area contributed by atoms with Crippen molar-refractivity contribution in [3.8, 4) is 11.4 Å². The smallest absolute Gasteiger partial charge is 0.356 e. The number of hydrogen-bond donors (Lipinski definition) is 2. The lowest BCUT2D eigenvalue weighted by atomic mass is 9.98. The number of anilines is 2. The van der Waals surface area contributed by atoms with Crippen molar-refractivity contribution in [3.63, 3.8) is 0 Å². The summed E-state index contributed by atoms with van der Waals surface area (Å²) >= 11 is 7.19. The van der Waals surface area contributed by atoms with Crippen molar-refractivity contribution in [2.75, 3.05) is 62.5 Å². The van der Waals surface area contributed by atoms with Crippen LogP contribution in [0.3, 0.4) is 0 Å². The van der Waals surface area contributed by atoms with Gasteiger partial charge in [-0.15, -0.1) is 0 Å². The van der Waals surface area contributed by atoms with Crippen LogP contribution >= 0.6 is 47.1 Å². The van der Waals surface area contributed by atoms with Crippen molar-refractivity contribution < 1.29 is 28.0 Å². The summed E-state index contributed by atoms with van der Waals surface area (Å²) < 4.78 is 39.8. The Labute approximate surface area is 393 Å². The van der Waals surface area contributed by atoms with Crippen LogP contribution in [0.1, 0.15) is 70.7 Å². The van der Waals surface area contributed by atoms with Gasteiger partial charge in [-0.05, 0) is 151 Å². The molecule has 2 saturated heterocycles. The SMILES string of the molecule is Cc1nc(N2CCC(COP(=O)(O)O)CC2)c2c(C)cn(-c3c(C)cc(Br)cc3C)c2n1.Cc1nc(N2CCC(COP(C)(C)=O)CC2)c2c(C)cn(-c3c(C)cc(Br)cc3C)c2n1. The zero-order valence-corrected chi connectivity index (χ0v) is 43.4. The van der Waals surface area contributed by atoms with Crippen molar-refractivity contribution in [3.05, 3.63) is 90.6 Å². The zero-order valence-electron chi connectivity index (χ0n) is 38.4. The van der Waals surface area contributed by atoms with Gasteiger partial charge in [-0.2, -0.15) is 0 Å². The fourth-order valence-electron chi connectivity index (χ4n) is 9.25. The van der Waals surface area contributed by atoms with Crippen molar-refractivity contribution in [1.82, 2.24) is 29.1 Å². The Morgan fingerprint density at radius 1 is 0.578 bits per heavy atom. The number of phosphoric ester groups is 1. The Balaban J connectivity index is 0.000000191. The maximum Gasteiger partial charge on any atom is 0.469 e. The molecule has 0 atom stereocenters. The first kappa shape index (κ1) is 48.5. The van der Waals surface area contributed by atoms with Gasteiger partial charge in [-0.3, -0.25) is 9.09 Å². The van der Waals surface area contributed by atoms with Crippen LogP contribution in [0.5, 0.6) is 0 Å². The van der Waals surface area contributed by atoms with Gasteiger partial charge in [-0.25, -0.2) is 24.5 Å². The number of piperidine rings is 2. The number of phosphoric acid groups is 1. The largest absolute Gasteiger partial charge is 0.469 e. The van der Waals surface area contributed by atoms with Gasteiger partial charge >= 0.3 is 7.82 Å². The van der Waals surface area contributed by atoms with Gasteiger partial charge in [0.15, 0.2) is 18.7 Å². The Morgan fingerprint density at radius 2 is 0.922 bits per heavy atom. The Hall–Kier alpha value is -3.46. The van der Waals surface area contributed by atoms with E-state index in [1.807, 2.05) is 13.8 Å². The fraction of sp³-hybridized carbons (Fsp3) is 0.478. The second kappa shape index (κ2) is 19.4. The highest BCUT2D eigenvalue weighted by Gasteiger charge is 2.28. The van der Waals surface area contributed by atoms with Crippen LogP contribution in [0, 0.1) is 67.2 Å². The van der Waals surface area contributed by atoms with E-state index in [0.29, 0.717) is 18.3 Å². The lowest BCUT2D eigenvalue weighted by Gasteiger charge is -2.33. The minimum Gasteiger partial charge on any atom is -0.356 e. The molecule has 0 aliphatic carbocycles.